The first-order chi connectivity index (χ1) is 12.9. The number of nitrogens with zero attached hydrogens (tertiary/aromatic N) is 2. The summed E-state index contributed by atoms with van der Waals surface area (Å²) in [6, 6.07) is 13.6. The van der Waals surface area contributed by atoms with E-state index in [2.05, 4.69) is 10.6 Å². The molecule has 0 unspecified atom stereocenters. The highest BCUT2D eigenvalue weighted by atomic mass is 35.5. The Bertz CT molecular complexity index is 887. The van der Waals surface area contributed by atoms with Gasteiger partial charge in [0.05, 0.1) is 0 Å². The fraction of sp³-hybridized carbons (Fsp3) is 0.211. The molecule has 1 fully saturated rings. The third-order valence-corrected chi connectivity index (χ3v) is 4.25. The topological polar surface area (TPSA) is 81.8 Å². The van der Waals surface area contributed by atoms with Gasteiger partial charge >= 0.3 is 6.03 Å². The molecule has 4 amide bonds. The number of halogens is 1. The van der Waals surface area contributed by atoms with Crippen molar-refractivity contribution in [2.45, 2.75) is 6.92 Å². The van der Waals surface area contributed by atoms with Crippen LogP contribution in [0, 0.1) is 0 Å². The second-order valence-electron chi connectivity index (χ2n) is 6.15. The van der Waals surface area contributed by atoms with Gasteiger partial charge in [-0.1, -0.05) is 23.7 Å². The van der Waals surface area contributed by atoms with Crippen molar-refractivity contribution in [2.24, 2.45) is 0 Å². The van der Waals surface area contributed by atoms with Crippen molar-refractivity contribution < 1.29 is 14.4 Å². The summed E-state index contributed by atoms with van der Waals surface area (Å²) in [5.41, 5.74) is 1.84. The molecule has 1 aliphatic heterocycles. The molecule has 2 N–H and O–H groups in total. The van der Waals surface area contributed by atoms with Gasteiger partial charge in [-0.3, -0.25) is 14.5 Å². The van der Waals surface area contributed by atoms with Crippen LogP contribution in [0.3, 0.4) is 0 Å². The number of hydrogen-bond acceptors (Lipinski definition) is 3. The average Bonchev–Trinajstić information content (AvgIpc) is 2.95. The Kier molecular flexibility index (Phi) is 5.61. The van der Waals surface area contributed by atoms with E-state index in [0.29, 0.717) is 35.2 Å². The van der Waals surface area contributed by atoms with Crippen molar-refractivity contribution in [1.29, 1.82) is 0 Å². The summed E-state index contributed by atoms with van der Waals surface area (Å²) in [6.07, 6.45) is 0. The van der Waals surface area contributed by atoms with E-state index >= 15 is 0 Å². The van der Waals surface area contributed by atoms with Crippen molar-refractivity contribution in [3.05, 3.63) is 53.6 Å². The van der Waals surface area contributed by atoms with Gasteiger partial charge in [-0.15, -0.1) is 0 Å². The van der Waals surface area contributed by atoms with E-state index < -0.39 is 0 Å². The third-order valence-electron chi connectivity index (χ3n) is 4.02. The maximum absolute atomic E-state index is 12.6. The highest BCUT2D eigenvalue weighted by Gasteiger charge is 2.30. The summed E-state index contributed by atoms with van der Waals surface area (Å²) < 4.78 is 0. The van der Waals surface area contributed by atoms with Gasteiger partial charge < -0.3 is 15.5 Å². The zero-order valence-corrected chi connectivity index (χ0v) is 15.5. The first kappa shape index (κ1) is 18.7. The lowest BCUT2D eigenvalue weighted by Gasteiger charge is -2.18. The summed E-state index contributed by atoms with van der Waals surface area (Å²) >= 11 is 5.98. The number of amides is 4. The zero-order valence-electron chi connectivity index (χ0n) is 14.7. The van der Waals surface area contributed by atoms with Gasteiger partial charge in [-0.25, -0.2) is 4.79 Å². The van der Waals surface area contributed by atoms with E-state index in [0.717, 1.165) is 0 Å². The minimum absolute atomic E-state index is 0.0553. The van der Waals surface area contributed by atoms with E-state index in [1.165, 1.54) is 11.8 Å². The predicted octanol–water partition coefficient (Wildman–Crippen LogP) is 3.18. The summed E-state index contributed by atoms with van der Waals surface area (Å²) in [6.45, 7) is 2.30. The SMILES string of the molecule is CC(=O)Nc1cccc(NC(=O)CN2CCN(c3cccc(Cl)c3)C2=O)c1. The number of carbonyl (C=O) groups excluding carboxylic acids is 3. The van der Waals surface area contributed by atoms with Crippen LogP contribution in [0.2, 0.25) is 5.02 Å². The lowest BCUT2D eigenvalue weighted by molar-refractivity contribution is -0.116. The predicted molar refractivity (Wildman–Crippen MR) is 105 cm³/mol. The molecule has 0 atom stereocenters. The Morgan fingerprint density at radius 2 is 1.74 bits per heavy atom. The van der Waals surface area contributed by atoms with Gasteiger partial charge in [0, 0.05) is 42.1 Å². The fourth-order valence-electron chi connectivity index (χ4n) is 2.86. The van der Waals surface area contributed by atoms with Gasteiger partial charge in [-0.2, -0.15) is 0 Å². The zero-order chi connectivity index (χ0) is 19.4. The van der Waals surface area contributed by atoms with Crippen molar-refractivity contribution in [2.75, 3.05) is 35.2 Å². The maximum Gasteiger partial charge on any atom is 0.325 e. The molecule has 7 nitrogen and oxygen atoms in total. The van der Waals surface area contributed by atoms with Crippen LogP contribution in [0.25, 0.3) is 0 Å². The molecule has 140 valence electrons. The second-order valence-corrected chi connectivity index (χ2v) is 6.58. The van der Waals surface area contributed by atoms with E-state index in [-0.39, 0.29) is 24.4 Å². The minimum Gasteiger partial charge on any atom is -0.326 e. The Hall–Kier alpha value is -3.06. The first-order valence-corrected chi connectivity index (χ1v) is 8.80. The minimum atomic E-state index is -0.309. The number of urea groups is 1. The maximum atomic E-state index is 12.6. The van der Waals surface area contributed by atoms with E-state index in [4.69, 9.17) is 11.6 Å². The molecule has 3 rings (SSSR count). The summed E-state index contributed by atoms with van der Waals surface area (Å²) in [5, 5.41) is 5.95. The number of hydrogen-bond donors (Lipinski definition) is 2. The van der Waals surface area contributed by atoms with Crippen LogP contribution in [-0.4, -0.2) is 42.4 Å². The number of carbonyl (C=O) groups is 3. The molecule has 0 radical (unpaired) electrons. The Morgan fingerprint density at radius 1 is 1.04 bits per heavy atom. The molecule has 1 saturated heterocycles. The Labute approximate surface area is 161 Å². The molecule has 1 aliphatic rings. The van der Waals surface area contributed by atoms with Gasteiger partial charge in [0.25, 0.3) is 0 Å². The van der Waals surface area contributed by atoms with Gasteiger partial charge in [0.2, 0.25) is 11.8 Å². The molecule has 2 aromatic carbocycles. The lowest BCUT2D eigenvalue weighted by Crippen LogP contribution is -2.37. The van der Waals surface area contributed by atoms with Crippen LogP contribution in [0.4, 0.5) is 21.9 Å². The summed E-state index contributed by atoms with van der Waals surface area (Å²) in [5.74, 6) is -0.501. The molecule has 0 spiro atoms. The molecule has 0 aromatic heterocycles. The highest BCUT2D eigenvalue weighted by molar-refractivity contribution is 6.30. The first-order valence-electron chi connectivity index (χ1n) is 8.42. The number of anilines is 3. The monoisotopic (exact) mass is 386 g/mol. The van der Waals surface area contributed by atoms with E-state index in [1.807, 2.05) is 0 Å². The van der Waals surface area contributed by atoms with Crippen molar-refractivity contribution in [1.82, 2.24) is 4.90 Å². The molecule has 0 bridgehead atoms. The molecular weight excluding hydrogens is 368 g/mol. The molecule has 0 saturated carbocycles. The van der Waals surface area contributed by atoms with Crippen LogP contribution in [-0.2, 0) is 9.59 Å². The molecule has 1 heterocycles. The van der Waals surface area contributed by atoms with Gasteiger partial charge in [0.15, 0.2) is 0 Å². The van der Waals surface area contributed by atoms with Gasteiger partial charge in [-0.05, 0) is 36.4 Å². The average molecular weight is 387 g/mol. The molecule has 0 aliphatic carbocycles. The van der Waals surface area contributed by atoms with E-state index in [1.54, 1.807) is 53.4 Å². The number of nitrogens with one attached hydrogen (secondary N) is 2. The van der Waals surface area contributed by atoms with Crippen LogP contribution in [0.5, 0.6) is 0 Å². The normalized spacial score (nSPS) is 13.6. The van der Waals surface area contributed by atoms with Crippen LogP contribution < -0.4 is 15.5 Å². The highest BCUT2D eigenvalue weighted by Crippen LogP contribution is 2.23. The third kappa shape index (κ3) is 4.77. The molecular formula is C19H19ClN4O3. The summed E-state index contributed by atoms with van der Waals surface area (Å²) in [7, 11) is 0. The lowest BCUT2D eigenvalue weighted by atomic mass is 10.2. The van der Waals surface area contributed by atoms with Crippen LogP contribution in [0.1, 0.15) is 6.92 Å². The fourth-order valence-corrected chi connectivity index (χ4v) is 3.05. The second kappa shape index (κ2) is 8.09. The smallest absolute Gasteiger partial charge is 0.325 e. The van der Waals surface area contributed by atoms with Gasteiger partial charge in [0.1, 0.15) is 6.54 Å². The van der Waals surface area contributed by atoms with Crippen molar-refractivity contribution in [3.63, 3.8) is 0 Å². The molecule has 2 aromatic rings. The quantitative estimate of drug-likeness (QED) is 0.828. The van der Waals surface area contributed by atoms with Crippen molar-refractivity contribution >= 4 is 46.5 Å². The number of benzene rings is 2. The molecule has 27 heavy (non-hydrogen) atoms. The van der Waals surface area contributed by atoms with Crippen LogP contribution >= 0.6 is 11.6 Å². The molecule has 8 heteroatoms. The Balaban J connectivity index is 1.60. The Morgan fingerprint density at radius 3 is 2.44 bits per heavy atom. The van der Waals surface area contributed by atoms with E-state index in [9.17, 15) is 14.4 Å². The largest absolute Gasteiger partial charge is 0.326 e. The standard InChI is InChI=1S/C19H19ClN4O3/c1-13(25)21-15-5-3-6-16(11-15)22-18(26)12-23-8-9-24(19(23)27)17-7-2-4-14(20)10-17/h2-7,10-11H,8-9,12H2,1H3,(H,21,25)(H,22,26). The number of rotatable bonds is 5. The summed E-state index contributed by atoms with van der Waals surface area (Å²) in [4.78, 5) is 39.1. The van der Waals surface area contributed by atoms with Crippen LogP contribution in [0.15, 0.2) is 48.5 Å². The van der Waals surface area contributed by atoms with Crippen molar-refractivity contribution in [3.8, 4) is 0 Å².